The van der Waals surface area contributed by atoms with E-state index in [-0.39, 0.29) is 12.1 Å². The number of piperidine rings is 1. The zero-order chi connectivity index (χ0) is 12.1. The Balaban J connectivity index is 1.87. The van der Waals surface area contributed by atoms with E-state index in [1.165, 1.54) is 12.5 Å². The van der Waals surface area contributed by atoms with Crippen molar-refractivity contribution in [2.75, 3.05) is 13.1 Å². The zero-order valence-electron chi connectivity index (χ0n) is 10.3. The SMILES string of the molecule is CC(=O)O[C@@H]1CCCN(Cc2ccccc2)C1. The van der Waals surface area contributed by atoms with Crippen molar-refractivity contribution in [2.45, 2.75) is 32.4 Å². The molecule has 0 unspecified atom stereocenters. The van der Waals surface area contributed by atoms with Crippen LogP contribution in [-0.2, 0) is 16.1 Å². The number of hydrogen-bond donors (Lipinski definition) is 0. The minimum Gasteiger partial charge on any atom is -0.461 e. The summed E-state index contributed by atoms with van der Waals surface area (Å²) in [5.41, 5.74) is 1.32. The van der Waals surface area contributed by atoms with Crippen LogP contribution in [0.15, 0.2) is 30.3 Å². The lowest BCUT2D eigenvalue weighted by Crippen LogP contribution is -2.39. The molecule has 0 bridgehead atoms. The molecule has 1 aromatic rings. The van der Waals surface area contributed by atoms with Crippen LogP contribution < -0.4 is 0 Å². The molecule has 17 heavy (non-hydrogen) atoms. The van der Waals surface area contributed by atoms with E-state index in [9.17, 15) is 4.79 Å². The van der Waals surface area contributed by atoms with Gasteiger partial charge in [-0.1, -0.05) is 30.3 Å². The molecule has 0 amide bonds. The zero-order valence-corrected chi connectivity index (χ0v) is 10.3. The molecule has 0 aliphatic carbocycles. The Labute approximate surface area is 102 Å². The molecular formula is C14H19NO2. The fourth-order valence-corrected chi connectivity index (χ4v) is 2.33. The normalized spacial score (nSPS) is 21.1. The van der Waals surface area contributed by atoms with Gasteiger partial charge in [-0.15, -0.1) is 0 Å². The Morgan fingerprint density at radius 2 is 2.18 bits per heavy atom. The molecule has 0 spiro atoms. The van der Waals surface area contributed by atoms with Gasteiger partial charge >= 0.3 is 5.97 Å². The second-order valence-electron chi connectivity index (χ2n) is 4.59. The van der Waals surface area contributed by atoms with Crippen molar-refractivity contribution in [3.8, 4) is 0 Å². The fourth-order valence-electron chi connectivity index (χ4n) is 2.33. The molecule has 0 saturated carbocycles. The highest BCUT2D eigenvalue weighted by atomic mass is 16.5. The monoisotopic (exact) mass is 233 g/mol. The van der Waals surface area contributed by atoms with Crippen LogP contribution in [0.4, 0.5) is 0 Å². The van der Waals surface area contributed by atoms with Crippen LogP contribution in [0.25, 0.3) is 0 Å². The Morgan fingerprint density at radius 1 is 1.41 bits per heavy atom. The number of hydrogen-bond acceptors (Lipinski definition) is 3. The van der Waals surface area contributed by atoms with E-state index < -0.39 is 0 Å². The van der Waals surface area contributed by atoms with E-state index in [0.29, 0.717) is 0 Å². The third-order valence-electron chi connectivity index (χ3n) is 3.04. The van der Waals surface area contributed by atoms with E-state index in [1.54, 1.807) is 0 Å². The first-order valence-electron chi connectivity index (χ1n) is 6.17. The third-order valence-corrected chi connectivity index (χ3v) is 3.04. The van der Waals surface area contributed by atoms with Gasteiger partial charge in [0, 0.05) is 20.0 Å². The molecule has 3 heteroatoms. The van der Waals surface area contributed by atoms with Gasteiger partial charge in [-0.2, -0.15) is 0 Å². The Morgan fingerprint density at radius 3 is 2.88 bits per heavy atom. The van der Waals surface area contributed by atoms with Crippen LogP contribution in [0.1, 0.15) is 25.3 Å². The largest absolute Gasteiger partial charge is 0.461 e. The maximum atomic E-state index is 10.9. The molecule has 0 N–H and O–H groups in total. The molecule has 0 aromatic heterocycles. The lowest BCUT2D eigenvalue weighted by Gasteiger charge is -2.32. The summed E-state index contributed by atoms with van der Waals surface area (Å²) >= 11 is 0. The summed E-state index contributed by atoms with van der Waals surface area (Å²) in [6, 6.07) is 10.4. The molecule has 1 aliphatic heterocycles. The summed E-state index contributed by atoms with van der Waals surface area (Å²) < 4.78 is 5.28. The highest BCUT2D eigenvalue weighted by molar-refractivity contribution is 5.66. The maximum absolute atomic E-state index is 10.9. The summed E-state index contributed by atoms with van der Waals surface area (Å²) in [6.07, 6.45) is 2.17. The summed E-state index contributed by atoms with van der Waals surface area (Å²) in [5.74, 6) is -0.170. The molecule has 3 nitrogen and oxygen atoms in total. The van der Waals surface area contributed by atoms with Gasteiger partial charge in [-0.3, -0.25) is 9.69 Å². The number of carbonyl (C=O) groups excluding carboxylic acids is 1. The lowest BCUT2D eigenvalue weighted by molar-refractivity contribution is -0.148. The average Bonchev–Trinajstić information content (AvgIpc) is 2.30. The van der Waals surface area contributed by atoms with Gasteiger partial charge in [0.2, 0.25) is 0 Å². The van der Waals surface area contributed by atoms with E-state index in [4.69, 9.17) is 4.74 Å². The van der Waals surface area contributed by atoms with E-state index in [2.05, 4.69) is 29.2 Å². The second kappa shape index (κ2) is 5.82. The highest BCUT2D eigenvalue weighted by Gasteiger charge is 2.21. The minimum absolute atomic E-state index is 0.0740. The van der Waals surface area contributed by atoms with Crippen LogP contribution in [0.2, 0.25) is 0 Å². The second-order valence-corrected chi connectivity index (χ2v) is 4.59. The molecule has 1 heterocycles. The first-order chi connectivity index (χ1) is 8.24. The molecule has 1 fully saturated rings. The van der Waals surface area contributed by atoms with Gasteiger partial charge in [-0.25, -0.2) is 0 Å². The van der Waals surface area contributed by atoms with Gasteiger partial charge in [0.1, 0.15) is 6.10 Å². The van der Waals surface area contributed by atoms with Crippen molar-refractivity contribution in [3.63, 3.8) is 0 Å². The van der Waals surface area contributed by atoms with Crippen molar-refractivity contribution in [3.05, 3.63) is 35.9 Å². The Hall–Kier alpha value is -1.35. The van der Waals surface area contributed by atoms with Crippen molar-refractivity contribution >= 4 is 5.97 Å². The third kappa shape index (κ3) is 3.86. The number of esters is 1. The number of nitrogens with zero attached hydrogens (tertiary/aromatic N) is 1. The van der Waals surface area contributed by atoms with Crippen molar-refractivity contribution in [1.82, 2.24) is 4.90 Å². The van der Waals surface area contributed by atoms with Crippen LogP contribution in [-0.4, -0.2) is 30.1 Å². The lowest BCUT2D eigenvalue weighted by atomic mass is 10.1. The Bertz CT molecular complexity index is 364. The van der Waals surface area contributed by atoms with E-state index in [1.807, 2.05) is 6.07 Å². The van der Waals surface area contributed by atoms with E-state index in [0.717, 1.165) is 32.5 Å². The summed E-state index contributed by atoms with van der Waals surface area (Å²) in [5, 5.41) is 0. The van der Waals surface area contributed by atoms with Crippen LogP contribution in [0, 0.1) is 0 Å². The standard InChI is InChI=1S/C14H19NO2/c1-12(16)17-14-8-5-9-15(11-14)10-13-6-3-2-4-7-13/h2-4,6-7,14H,5,8-11H2,1H3/t14-/m1/s1. The van der Waals surface area contributed by atoms with Crippen LogP contribution in [0.3, 0.4) is 0 Å². The molecule has 92 valence electrons. The number of ether oxygens (including phenoxy) is 1. The van der Waals surface area contributed by atoms with Gasteiger partial charge in [0.15, 0.2) is 0 Å². The van der Waals surface area contributed by atoms with Gasteiger partial charge in [0.05, 0.1) is 0 Å². The topological polar surface area (TPSA) is 29.5 Å². The first kappa shape index (κ1) is 12.1. The number of rotatable bonds is 3. The molecule has 0 radical (unpaired) electrons. The Kier molecular flexibility index (Phi) is 4.15. The van der Waals surface area contributed by atoms with Crippen LogP contribution in [0.5, 0.6) is 0 Å². The van der Waals surface area contributed by atoms with Crippen LogP contribution >= 0.6 is 0 Å². The molecule has 1 saturated heterocycles. The highest BCUT2D eigenvalue weighted by Crippen LogP contribution is 2.16. The predicted molar refractivity (Wildman–Crippen MR) is 66.5 cm³/mol. The number of carbonyl (C=O) groups is 1. The molecule has 2 rings (SSSR count). The molecule has 1 aromatic carbocycles. The van der Waals surface area contributed by atoms with Crippen molar-refractivity contribution in [2.24, 2.45) is 0 Å². The van der Waals surface area contributed by atoms with Gasteiger partial charge < -0.3 is 4.74 Å². The first-order valence-corrected chi connectivity index (χ1v) is 6.17. The quantitative estimate of drug-likeness (QED) is 0.750. The van der Waals surface area contributed by atoms with E-state index >= 15 is 0 Å². The summed E-state index contributed by atoms with van der Waals surface area (Å²) in [4.78, 5) is 13.3. The average molecular weight is 233 g/mol. The number of likely N-dealkylation sites (tertiary alicyclic amines) is 1. The fraction of sp³-hybridized carbons (Fsp3) is 0.500. The van der Waals surface area contributed by atoms with Crippen molar-refractivity contribution < 1.29 is 9.53 Å². The van der Waals surface area contributed by atoms with Crippen molar-refractivity contribution in [1.29, 1.82) is 0 Å². The summed E-state index contributed by atoms with van der Waals surface area (Å²) in [7, 11) is 0. The summed E-state index contributed by atoms with van der Waals surface area (Å²) in [6.45, 7) is 4.37. The molecule has 1 aliphatic rings. The number of benzene rings is 1. The maximum Gasteiger partial charge on any atom is 0.302 e. The molecular weight excluding hydrogens is 214 g/mol. The molecule has 1 atom stereocenters. The smallest absolute Gasteiger partial charge is 0.302 e. The predicted octanol–water partition coefficient (Wildman–Crippen LogP) is 2.21. The van der Waals surface area contributed by atoms with Gasteiger partial charge in [-0.05, 0) is 24.9 Å². The van der Waals surface area contributed by atoms with Gasteiger partial charge in [0.25, 0.3) is 0 Å². The minimum atomic E-state index is -0.170.